The van der Waals surface area contributed by atoms with Gasteiger partial charge in [-0.15, -0.1) is 0 Å². The van der Waals surface area contributed by atoms with Crippen molar-refractivity contribution in [3.8, 4) is 0 Å². The zero-order valence-corrected chi connectivity index (χ0v) is 7.83. The van der Waals surface area contributed by atoms with Crippen molar-refractivity contribution >= 4 is 5.71 Å². The molecule has 0 N–H and O–H groups in total. The predicted octanol–water partition coefficient (Wildman–Crippen LogP) is 2.29. The first-order chi connectivity index (χ1) is 5.65. The molecule has 0 unspecified atom stereocenters. The number of aromatic nitrogens is 1. The predicted molar refractivity (Wildman–Crippen MR) is 52.6 cm³/mol. The Morgan fingerprint density at radius 3 is 2.75 bits per heavy atom. The number of nitrogens with zero attached hydrogens (tertiary/aromatic N) is 2. The van der Waals surface area contributed by atoms with Gasteiger partial charge in [-0.1, -0.05) is 6.58 Å². The van der Waals surface area contributed by atoms with Crippen LogP contribution in [0.1, 0.15) is 18.2 Å². The van der Waals surface area contributed by atoms with E-state index in [4.69, 9.17) is 0 Å². The molecular weight excluding hydrogens is 148 g/mol. The monoisotopic (exact) mass is 162 g/mol. The molecule has 2 heteroatoms. The van der Waals surface area contributed by atoms with Gasteiger partial charge in [0.05, 0.1) is 11.4 Å². The molecule has 0 saturated carbocycles. The highest BCUT2D eigenvalue weighted by molar-refractivity contribution is 5.97. The Kier molecular flexibility index (Phi) is 2.48. The lowest BCUT2D eigenvalue weighted by Crippen LogP contribution is -2.01. The molecule has 1 heterocycles. The molecule has 1 aromatic heterocycles. The van der Waals surface area contributed by atoms with Crippen LogP contribution in [0.4, 0.5) is 0 Å². The number of hydrogen-bond acceptors (Lipinski definition) is 1. The lowest BCUT2D eigenvalue weighted by Gasteiger charge is -1.99. The van der Waals surface area contributed by atoms with E-state index in [9.17, 15) is 0 Å². The zero-order chi connectivity index (χ0) is 9.14. The summed E-state index contributed by atoms with van der Waals surface area (Å²) in [4.78, 5) is 4.13. The van der Waals surface area contributed by atoms with E-state index in [1.807, 2.05) is 14.0 Å². The molecule has 0 bridgehead atoms. The van der Waals surface area contributed by atoms with Gasteiger partial charge in [0.15, 0.2) is 0 Å². The van der Waals surface area contributed by atoms with E-state index in [0.29, 0.717) is 0 Å². The summed E-state index contributed by atoms with van der Waals surface area (Å²) < 4.78 is 2.07. The topological polar surface area (TPSA) is 17.3 Å². The van der Waals surface area contributed by atoms with Crippen molar-refractivity contribution in [2.24, 2.45) is 12.0 Å². The van der Waals surface area contributed by atoms with E-state index in [2.05, 4.69) is 35.3 Å². The minimum atomic E-state index is 1.00. The van der Waals surface area contributed by atoms with E-state index >= 15 is 0 Å². The Labute approximate surface area is 73.2 Å². The van der Waals surface area contributed by atoms with Crippen molar-refractivity contribution in [3.63, 3.8) is 0 Å². The zero-order valence-electron chi connectivity index (χ0n) is 7.83. The van der Waals surface area contributed by atoms with E-state index < -0.39 is 0 Å². The van der Waals surface area contributed by atoms with Gasteiger partial charge in [-0.05, 0) is 25.5 Å². The van der Waals surface area contributed by atoms with Crippen LogP contribution in [0.3, 0.4) is 0 Å². The van der Waals surface area contributed by atoms with E-state index in [0.717, 1.165) is 11.4 Å². The Bertz CT molecular complexity index is 319. The fourth-order valence-corrected chi connectivity index (χ4v) is 1.29. The molecule has 0 aliphatic rings. The molecule has 0 aliphatic heterocycles. The highest BCUT2D eigenvalue weighted by atomic mass is 14.9. The summed E-state index contributed by atoms with van der Waals surface area (Å²) in [5.74, 6) is 0. The standard InChI is InChI=1S/C10H14N2/c1-5-11-9(3)10-6-8(2)7-12(10)4/h5-7H,1H2,2-4H3. The van der Waals surface area contributed by atoms with Gasteiger partial charge >= 0.3 is 0 Å². The van der Waals surface area contributed by atoms with Gasteiger partial charge in [0.1, 0.15) is 0 Å². The third-order valence-corrected chi connectivity index (χ3v) is 1.80. The molecule has 0 fully saturated rings. The first-order valence-corrected chi connectivity index (χ1v) is 3.94. The largest absolute Gasteiger partial charge is 0.349 e. The van der Waals surface area contributed by atoms with Crippen molar-refractivity contribution in [1.82, 2.24) is 4.57 Å². The quantitative estimate of drug-likeness (QED) is 0.594. The summed E-state index contributed by atoms with van der Waals surface area (Å²) in [7, 11) is 2.02. The van der Waals surface area contributed by atoms with Crippen LogP contribution in [0.2, 0.25) is 0 Å². The highest BCUT2D eigenvalue weighted by Gasteiger charge is 2.01. The summed E-state index contributed by atoms with van der Waals surface area (Å²) >= 11 is 0. The molecule has 0 aromatic carbocycles. The lowest BCUT2D eigenvalue weighted by molar-refractivity contribution is 0.911. The normalized spacial score (nSPS) is 11.8. The van der Waals surface area contributed by atoms with Gasteiger partial charge in [0, 0.05) is 19.4 Å². The Morgan fingerprint density at radius 2 is 2.33 bits per heavy atom. The van der Waals surface area contributed by atoms with Crippen LogP contribution in [0.15, 0.2) is 30.0 Å². The second-order valence-corrected chi connectivity index (χ2v) is 2.91. The van der Waals surface area contributed by atoms with Crippen LogP contribution < -0.4 is 0 Å². The first-order valence-electron chi connectivity index (χ1n) is 3.94. The Morgan fingerprint density at radius 1 is 1.67 bits per heavy atom. The third-order valence-electron chi connectivity index (χ3n) is 1.80. The van der Waals surface area contributed by atoms with Crippen molar-refractivity contribution in [2.45, 2.75) is 13.8 Å². The summed E-state index contributed by atoms with van der Waals surface area (Å²) in [5.41, 5.74) is 3.40. The van der Waals surface area contributed by atoms with Gasteiger partial charge in [-0.2, -0.15) is 0 Å². The van der Waals surface area contributed by atoms with Crippen molar-refractivity contribution in [3.05, 3.63) is 36.3 Å². The molecule has 0 spiro atoms. The maximum absolute atomic E-state index is 4.13. The second-order valence-electron chi connectivity index (χ2n) is 2.91. The number of aliphatic imine (C=N–C) groups is 1. The van der Waals surface area contributed by atoms with Gasteiger partial charge in [-0.3, -0.25) is 4.99 Å². The summed E-state index contributed by atoms with van der Waals surface area (Å²) in [6, 6.07) is 2.11. The lowest BCUT2D eigenvalue weighted by atomic mass is 10.2. The van der Waals surface area contributed by atoms with E-state index in [1.54, 1.807) is 6.20 Å². The van der Waals surface area contributed by atoms with E-state index in [1.165, 1.54) is 5.56 Å². The molecule has 0 amide bonds. The van der Waals surface area contributed by atoms with Crippen LogP contribution in [0, 0.1) is 6.92 Å². The maximum Gasteiger partial charge on any atom is 0.0622 e. The average molecular weight is 162 g/mol. The molecular formula is C10H14N2. The smallest absolute Gasteiger partial charge is 0.0622 e. The molecule has 0 saturated heterocycles. The van der Waals surface area contributed by atoms with Crippen LogP contribution in [0.25, 0.3) is 0 Å². The van der Waals surface area contributed by atoms with Crippen molar-refractivity contribution in [1.29, 1.82) is 0 Å². The fraction of sp³-hybridized carbons (Fsp3) is 0.300. The molecule has 0 atom stereocenters. The number of rotatable bonds is 2. The van der Waals surface area contributed by atoms with Gasteiger partial charge < -0.3 is 4.57 Å². The molecule has 64 valence electrons. The molecule has 1 aromatic rings. The number of aryl methyl sites for hydroxylation is 2. The maximum atomic E-state index is 4.13. The molecule has 0 aliphatic carbocycles. The average Bonchev–Trinajstić information content (AvgIpc) is 2.30. The third kappa shape index (κ3) is 1.64. The van der Waals surface area contributed by atoms with Crippen molar-refractivity contribution < 1.29 is 0 Å². The van der Waals surface area contributed by atoms with Gasteiger partial charge in [0.25, 0.3) is 0 Å². The minimum Gasteiger partial charge on any atom is -0.349 e. The van der Waals surface area contributed by atoms with Crippen LogP contribution in [0.5, 0.6) is 0 Å². The van der Waals surface area contributed by atoms with Crippen LogP contribution in [-0.2, 0) is 7.05 Å². The van der Waals surface area contributed by atoms with Crippen molar-refractivity contribution in [2.75, 3.05) is 0 Å². The van der Waals surface area contributed by atoms with Gasteiger partial charge in [0.2, 0.25) is 0 Å². The highest BCUT2D eigenvalue weighted by Crippen LogP contribution is 2.07. The molecule has 2 nitrogen and oxygen atoms in total. The Balaban J connectivity index is 3.10. The summed E-state index contributed by atoms with van der Waals surface area (Å²) in [6.07, 6.45) is 3.65. The molecule has 12 heavy (non-hydrogen) atoms. The SMILES string of the molecule is C=CN=C(C)c1cc(C)cn1C. The van der Waals surface area contributed by atoms with E-state index in [-0.39, 0.29) is 0 Å². The summed E-state index contributed by atoms with van der Waals surface area (Å²) in [5, 5.41) is 0. The summed E-state index contributed by atoms with van der Waals surface area (Å²) in [6.45, 7) is 7.62. The fourth-order valence-electron chi connectivity index (χ4n) is 1.29. The minimum absolute atomic E-state index is 1.00. The first kappa shape index (κ1) is 8.78. The van der Waals surface area contributed by atoms with Crippen LogP contribution in [-0.4, -0.2) is 10.3 Å². The van der Waals surface area contributed by atoms with Crippen LogP contribution >= 0.6 is 0 Å². The number of hydrogen-bond donors (Lipinski definition) is 0. The Hall–Kier alpha value is -1.31. The van der Waals surface area contributed by atoms with Gasteiger partial charge in [-0.25, -0.2) is 0 Å². The second kappa shape index (κ2) is 3.39. The molecule has 0 radical (unpaired) electrons. The molecule has 1 rings (SSSR count).